The number of aromatic nitrogens is 1. The highest BCUT2D eigenvalue weighted by Gasteiger charge is 2.20. The van der Waals surface area contributed by atoms with E-state index >= 15 is 0 Å². The van der Waals surface area contributed by atoms with Gasteiger partial charge >= 0.3 is 0 Å². The van der Waals surface area contributed by atoms with Crippen molar-refractivity contribution in [1.82, 2.24) is 4.98 Å². The number of carbonyl (C=O) groups is 2. The van der Waals surface area contributed by atoms with E-state index in [0.29, 0.717) is 18.5 Å². The second kappa shape index (κ2) is 9.04. The van der Waals surface area contributed by atoms with Gasteiger partial charge in [0.1, 0.15) is 6.54 Å². The molecular formula is C27H22N4O2. The summed E-state index contributed by atoms with van der Waals surface area (Å²) in [7, 11) is 0. The highest BCUT2D eigenvalue weighted by molar-refractivity contribution is 6.23. The molecule has 5 rings (SSSR count). The molecule has 0 radical (unpaired) electrons. The molecule has 6 nitrogen and oxygen atoms in total. The van der Waals surface area contributed by atoms with E-state index in [-0.39, 0.29) is 18.4 Å². The van der Waals surface area contributed by atoms with Crippen LogP contribution in [0.3, 0.4) is 0 Å². The largest absolute Gasteiger partial charge is 0.326 e. The van der Waals surface area contributed by atoms with Crippen LogP contribution in [0, 0.1) is 0 Å². The predicted octanol–water partition coefficient (Wildman–Crippen LogP) is 4.60. The first-order valence-electron chi connectivity index (χ1n) is 10.8. The molecule has 0 atom stereocenters. The van der Waals surface area contributed by atoms with Crippen molar-refractivity contribution in [3.63, 3.8) is 0 Å². The molecule has 1 aromatic heterocycles. The highest BCUT2D eigenvalue weighted by Crippen LogP contribution is 2.31. The van der Waals surface area contributed by atoms with Crippen LogP contribution in [0.4, 0.5) is 11.4 Å². The molecule has 0 unspecified atom stereocenters. The molecule has 2 heterocycles. The molecule has 1 aliphatic rings. The maximum absolute atomic E-state index is 12.3. The topological polar surface area (TPSA) is 83.5 Å². The molecule has 0 spiro atoms. The second-order valence-electron chi connectivity index (χ2n) is 7.87. The molecule has 3 aromatic carbocycles. The zero-order chi connectivity index (χ0) is 22.6. The Hall–Kier alpha value is -4.32. The van der Waals surface area contributed by atoms with Crippen LogP contribution in [0.2, 0.25) is 0 Å². The normalized spacial score (nSPS) is 13.0. The van der Waals surface area contributed by atoms with Gasteiger partial charge in [-0.2, -0.15) is 0 Å². The summed E-state index contributed by atoms with van der Waals surface area (Å²) in [6.45, 7) is 0.0599. The lowest BCUT2D eigenvalue weighted by atomic mass is 9.96. The number of benzene rings is 3. The van der Waals surface area contributed by atoms with Gasteiger partial charge in [-0.05, 0) is 36.1 Å². The SMILES string of the molecule is O=C(CCc1ccccn1)Nc1ccc(C2=NCC(=O)Nc3c2ccc2ccccc32)cc1. The van der Waals surface area contributed by atoms with Crippen LogP contribution < -0.4 is 10.6 Å². The number of amides is 2. The minimum atomic E-state index is -0.139. The quantitative estimate of drug-likeness (QED) is 0.482. The molecule has 0 fully saturated rings. The number of aliphatic imine (C=N–C) groups is 1. The van der Waals surface area contributed by atoms with Gasteiger partial charge in [-0.15, -0.1) is 0 Å². The molecular weight excluding hydrogens is 412 g/mol. The van der Waals surface area contributed by atoms with E-state index in [4.69, 9.17) is 0 Å². The van der Waals surface area contributed by atoms with Gasteiger partial charge in [0.15, 0.2) is 0 Å². The maximum Gasteiger partial charge on any atom is 0.246 e. The molecule has 4 aromatic rings. The first kappa shape index (κ1) is 20.6. The summed E-state index contributed by atoms with van der Waals surface area (Å²) >= 11 is 0. The van der Waals surface area contributed by atoms with Crippen molar-refractivity contribution in [3.05, 3.63) is 102 Å². The zero-order valence-electron chi connectivity index (χ0n) is 17.9. The standard InChI is InChI=1S/C27H22N4O2/c32-24(15-13-20-6-3-4-16-28-20)30-21-11-8-19(9-12-21)26-23-14-10-18-5-1-2-7-22(18)27(23)31-25(33)17-29-26/h1-12,14,16H,13,15,17H2,(H,30,32)(H,31,33). The Morgan fingerprint density at radius 2 is 1.76 bits per heavy atom. The molecule has 2 N–H and O–H groups in total. The Morgan fingerprint density at radius 3 is 2.58 bits per heavy atom. The molecule has 0 bridgehead atoms. The summed E-state index contributed by atoms with van der Waals surface area (Å²) < 4.78 is 0. The number of fused-ring (bicyclic) bond motifs is 3. The van der Waals surface area contributed by atoms with Gasteiger partial charge in [0, 0.05) is 40.5 Å². The van der Waals surface area contributed by atoms with Gasteiger partial charge in [-0.3, -0.25) is 19.6 Å². The molecule has 1 aliphatic heterocycles. The lowest BCUT2D eigenvalue weighted by Gasteiger charge is -2.13. The van der Waals surface area contributed by atoms with Gasteiger partial charge in [0.05, 0.1) is 11.4 Å². The van der Waals surface area contributed by atoms with Crippen molar-refractivity contribution in [2.24, 2.45) is 4.99 Å². The Labute approximate surface area is 191 Å². The number of pyridine rings is 1. The average Bonchev–Trinajstić information content (AvgIpc) is 3.02. The van der Waals surface area contributed by atoms with Crippen molar-refractivity contribution in [2.75, 3.05) is 17.2 Å². The lowest BCUT2D eigenvalue weighted by molar-refractivity contribution is -0.116. The van der Waals surface area contributed by atoms with E-state index in [0.717, 1.165) is 39.0 Å². The molecule has 0 saturated heterocycles. The zero-order valence-corrected chi connectivity index (χ0v) is 17.9. The van der Waals surface area contributed by atoms with Gasteiger partial charge in [-0.1, -0.05) is 54.6 Å². The van der Waals surface area contributed by atoms with Crippen LogP contribution in [0.25, 0.3) is 10.8 Å². The van der Waals surface area contributed by atoms with Gasteiger partial charge in [0.25, 0.3) is 0 Å². The summed E-state index contributed by atoms with van der Waals surface area (Å²) in [5.41, 5.74) is 4.90. The summed E-state index contributed by atoms with van der Waals surface area (Å²) in [4.78, 5) is 33.5. The number of rotatable bonds is 5. The van der Waals surface area contributed by atoms with Gasteiger partial charge in [-0.25, -0.2) is 0 Å². The number of hydrogen-bond acceptors (Lipinski definition) is 4. The number of aryl methyl sites for hydroxylation is 1. The van der Waals surface area contributed by atoms with Gasteiger partial charge in [0.2, 0.25) is 11.8 Å². The molecule has 0 aliphatic carbocycles. The third kappa shape index (κ3) is 4.50. The van der Waals surface area contributed by atoms with Crippen molar-refractivity contribution in [1.29, 1.82) is 0 Å². The summed E-state index contributed by atoms with van der Waals surface area (Å²) in [5, 5.41) is 7.98. The minimum Gasteiger partial charge on any atom is -0.326 e. The molecule has 33 heavy (non-hydrogen) atoms. The van der Waals surface area contributed by atoms with Crippen molar-refractivity contribution < 1.29 is 9.59 Å². The van der Waals surface area contributed by atoms with Crippen molar-refractivity contribution in [3.8, 4) is 0 Å². The van der Waals surface area contributed by atoms with Crippen LogP contribution in [-0.4, -0.2) is 29.1 Å². The predicted molar refractivity (Wildman–Crippen MR) is 131 cm³/mol. The fraction of sp³-hybridized carbons (Fsp3) is 0.111. The number of nitrogens with zero attached hydrogens (tertiary/aromatic N) is 2. The van der Waals surface area contributed by atoms with E-state index in [1.54, 1.807) is 6.20 Å². The average molecular weight is 434 g/mol. The maximum atomic E-state index is 12.3. The molecule has 6 heteroatoms. The van der Waals surface area contributed by atoms with E-state index in [1.165, 1.54) is 0 Å². The molecule has 2 amide bonds. The first-order chi connectivity index (χ1) is 16.2. The molecule has 0 saturated carbocycles. The van der Waals surface area contributed by atoms with Crippen LogP contribution in [0.1, 0.15) is 23.2 Å². The van der Waals surface area contributed by atoms with Crippen LogP contribution >= 0.6 is 0 Å². The third-order valence-corrected chi connectivity index (χ3v) is 5.61. The third-order valence-electron chi connectivity index (χ3n) is 5.61. The number of nitrogens with one attached hydrogen (secondary N) is 2. The lowest BCUT2D eigenvalue weighted by Crippen LogP contribution is -2.13. The summed E-state index contributed by atoms with van der Waals surface area (Å²) in [6, 6.07) is 25.2. The number of anilines is 2. The Balaban J connectivity index is 1.36. The Bertz CT molecular complexity index is 1360. The number of hydrogen-bond donors (Lipinski definition) is 2. The molecule has 162 valence electrons. The van der Waals surface area contributed by atoms with Crippen molar-refractivity contribution >= 4 is 39.7 Å². The summed E-state index contributed by atoms with van der Waals surface area (Å²) in [6.07, 6.45) is 2.68. The first-order valence-corrected chi connectivity index (χ1v) is 10.8. The monoisotopic (exact) mass is 434 g/mol. The van der Waals surface area contributed by atoms with Crippen LogP contribution in [-0.2, 0) is 16.0 Å². The van der Waals surface area contributed by atoms with E-state index < -0.39 is 0 Å². The van der Waals surface area contributed by atoms with Crippen LogP contribution in [0.5, 0.6) is 0 Å². The number of carbonyl (C=O) groups excluding carboxylic acids is 2. The fourth-order valence-corrected chi connectivity index (χ4v) is 3.99. The Morgan fingerprint density at radius 1 is 0.939 bits per heavy atom. The van der Waals surface area contributed by atoms with Gasteiger partial charge < -0.3 is 10.6 Å². The highest BCUT2D eigenvalue weighted by atomic mass is 16.2. The minimum absolute atomic E-state index is 0.0599. The fourth-order valence-electron chi connectivity index (χ4n) is 3.99. The van der Waals surface area contributed by atoms with E-state index in [1.807, 2.05) is 78.9 Å². The van der Waals surface area contributed by atoms with E-state index in [2.05, 4.69) is 20.6 Å². The summed E-state index contributed by atoms with van der Waals surface area (Å²) in [5.74, 6) is -0.203. The van der Waals surface area contributed by atoms with Crippen molar-refractivity contribution in [2.45, 2.75) is 12.8 Å². The Kier molecular flexibility index (Phi) is 5.64. The smallest absolute Gasteiger partial charge is 0.246 e. The second-order valence-corrected chi connectivity index (χ2v) is 7.87. The van der Waals surface area contributed by atoms with E-state index in [9.17, 15) is 9.59 Å². The van der Waals surface area contributed by atoms with Crippen LogP contribution in [0.15, 0.2) is 90.1 Å².